The molecule has 4 heterocycles. The molecule has 3 fully saturated rings. The Balaban J connectivity index is 1.52. The van der Waals surface area contributed by atoms with Crippen LogP contribution < -0.4 is 4.90 Å². The first-order valence-corrected chi connectivity index (χ1v) is 8.20. The second-order valence-corrected chi connectivity index (χ2v) is 7.16. The van der Waals surface area contributed by atoms with Gasteiger partial charge in [0.25, 0.3) is 0 Å². The maximum atomic E-state index is 4.31. The van der Waals surface area contributed by atoms with Gasteiger partial charge in [-0.2, -0.15) is 0 Å². The van der Waals surface area contributed by atoms with Gasteiger partial charge in [0, 0.05) is 36.3 Å². The van der Waals surface area contributed by atoms with Crippen LogP contribution in [0.2, 0.25) is 0 Å². The lowest BCUT2D eigenvalue weighted by atomic mass is 9.90. The van der Waals surface area contributed by atoms with Gasteiger partial charge in [-0.15, -0.1) is 0 Å². The summed E-state index contributed by atoms with van der Waals surface area (Å²) in [5.41, 5.74) is 1.28. The van der Waals surface area contributed by atoms with Crippen molar-refractivity contribution < 1.29 is 0 Å². The molecule has 1 aromatic rings. The third kappa shape index (κ3) is 2.09. The summed E-state index contributed by atoms with van der Waals surface area (Å²) in [6.45, 7) is 5.11. The maximum absolute atomic E-state index is 4.31. The number of hydrogen-bond donors (Lipinski definition) is 0. The van der Waals surface area contributed by atoms with E-state index in [4.69, 9.17) is 0 Å². The van der Waals surface area contributed by atoms with E-state index in [1.165, 1.54) is 51.1 Å². The molecule has 0 saturated carbocycles. The van der Waals surface area contributed by atoms with Crippen LogP contribution >= 0.6 is 15.9 Å². The minimum absolute atomic E-state index is 0.865. The lowest BCUT2D eigenvalue weighted by Crippen LogP contribution is -2.39. The molecule has 3 atom stereocenters. The van der Waals surface area contributed by atoms with Gasteiger partial charge in [0.2, 0.25) is 0 Å². The molecule has 3 nitrogen and oxygen atoms in total. The summed E-state index contributed by atoms with van der Waals surface area (Å²) < 4.78 is 1.08. The van der Waals surface area contributed by atoms with E-state index in [-0.39, 0.29) is 0 Å². The van der Waals surface area contributed by atoms with Crippen LogP contribution in [0.3, 0.4) is 0 Å². The molecule has 0 aliphatic carbocycles. The number of hydrogen-bond acceptors (Lipinski definition) is 3. The number of rotatable bonds is 1. The van der Waals surface area contributed by atoms with Crippen LogP contribution in [-0.4, -0.2) is 42.1 Å². The predicted octanol–water partition coefficient (Wildman–Crippen LogP) is 2.76. The van der Waals surface area contributed by atoms with E-state index in [2.05, 4.69) is 36.8 Å². The molecule has 3 aliphatic heterocycles. The lowest BCUT2D eigenvalue weighted by molar-refractivity contribution is 0.173. The number of piperidine rings is 1. The molecule has 3 aliphatic rings. The zero-order valence-corrected chi connectivity index (χ0v) is 12.7. The Hall–Kier alpha value is -0.610. The van der Waals surface area contributed by atoms with Crippen molar-refractivity contribution >= 4 is 21.6 Å². The average molecular weight is 322 g/mol. The Bertz CT molecular complexity index is 478. The van der Waals surface area contributed by atoms with Crippen LogP contribution in [0.25, 0.3) is 0 Å². The molecule has 0 aromatic carbocycles. The molecule has 4 heteroatoms. The monoisotopic (exact) mass is 321 g/mol. The highest BCUT2D eigenvalue weighted by Gasteiger charge is 2.47. The SMILES string of the molecule is Brc1cncc(N2C[C@@H]3CN4CCCC[C@H]4[C@@H]3C2)c1. The molecule has 19 heavy (non-hydrogen) atoms. The summed E-state index contributed by atoms with van der Waals surface area (Å²) in [4.78, 5) is 9.61. The maximum Gasteiger partial charge on any atom is 0.0564 e. The standard InChI is InChI=1S/C15H20BrN3/c16-12-5-13(7-17-6-12)19-9-11-8-18-4-2-1-3-15(18)14(11)10-19/h5-7,11,14-15H,1-4,8-10H2/t11-,14+,15-/m0/s1. The highest BCUT2D eigenvalue weighted by Crippen LogP contribution is 2.41. The Kier molecular flexibility index (Phi) is 3.03. The minimum Gasteiger partial charge on any atom is -0.370 e. The van der Waals surface area contributed by atoms with E-state index in [9.17, 15) is 0 Å². The second-order valence-electron chi connectivity index (χ2n) is 6.25. The van der Waals surface area contributed by atoms with E-state index in [1.807, 2.05) is 12.4 Å². The fourth-order valence-electron chi connectivity index (χ4n) is 4.34. The van der Waals surface area contributed by atoms with Crippen molar-refractivity contribution in [3.8, 4) is 0 Å². The number of halogens is 1. The van der Waals surface area contributed by atoms with Gasteiger partial charge in [-0.05, 0) is 53.2 Å². The first kappa shape index (κ1) is 12.2. The second kappa shape index (κ2) is 4.74. The Labute approximate surface area is 123 Å². The summed E-state index contributed by atoms with van der Waals surface area (Å²) in [6, 6.07) is 3.07. The van der Waals surface area contributed by atoms with Crippen LogP contribution in [0.4, 0.5) is 5.69 Å². The van der Waals surface area contributed by atoms with Crippen LogP contribution in [0, 0.1) is 11.8 Å². The van der Waals surface area contributed by atoms with Crippen molar-refractivity contribution in [1.29, 1.82) is 0 Å². The molecular formula is C15H20BrN3. The van der Waals surface area contributed by atoms with Crippen LogP contribution in [0.15, 0.2) is 22.9 Å². The summed E-state index contributed by atoms with van der Waals surface area (Å²) >= 11 is 3.53. The predicted molar refractivity (Wildman–Crippen MR) is 80.3 cm³/mol. The molecule has 4 rings (SSSR count). The molecular weight excluding hydrogens is 302 g/mol. The van der Waals surface area contributed by atoms with Gasteiger partial charge in [-0.25, -0.2) is 0 Å². The molecule has 0 amide bonds. The number of aromatic nitrogens is 1. The number of pyridine rings is 1. The van der Waals surface area contributed by atoms with E-state index < -0.39 is 0 Å². The van der Waals surface area contributed by atoms with Crippen molar-refractivity contribution in [3.05, 3.63) is 22.9 Å². The first-order valence-electron chi connectivity index (χ1n) is 7.41. The highest BCUT2D eigenvalue weighted by atomic mass is 79.9. The molecule has 3 saturated heterocycles. The first-order chi connectivity index (χ1) is 9.31. The van der Waals surface area contributed by atoms with Crippen molar-refractivity contribution in [1.82, 2.24) is 9.88 Å². The molecule has 0 bridgehead atoms. The summed E-state index contributed by atoms with van der Waals surface area (Å²) in [5.74, 6) is 1.77. The average Bonchev–Trinajstić information content (AvgIpc) is 2.96. The molecule has 0 spiro atoms. The Morgan fingerprint density at radius 2 is 2.11 bits per heavy atom. The van der Waals surface area contributed by atoms with Gasteiger partial charge in [-0.1, -0.05) is 6.42 Å². The Morgan fingerprint density at radius 3 is 3.00 bits per heavy atom. The molecule has 1 aromatic heterocycles. The van der Waals surface area contributed by atoms with Crippen molar-refractivity contribution in [2.24, 2.45) is 11.8 Å². The summed E-state index contributed by atoms with van der Waals surface area (Å²) in [5, 5.41) is 0. The smallest absolute Gasteiger partial charge is 0.0564 e. The van der Waals surface area contributed by atoms with Crippen molar-refractivity contribution in [2.75, 3.05) is 31.1 Å². The zero-order chi connectivity index (χ0) is 12.8. The quantitative estimate of drug-likeness (QED) is 0.793. The highest BCUT2D eigenvalue weighted by molar-refractivity contribution is 9.10. The minimum atomic E-state index is 0.865. The largest absolute Gasteiger partial charge is 0.370 e. The molecule has 102 valence electrons. The van der Waals surface area contributed by atoms with E-state index >= 15 is 0 Å². The van der Waals surface area contributed by atoms with Crippen LogP contribution in [0.5, 0.6) is 0 Å². The van der Waals surface area contributed by atoms with E-state index in [0.29, 0.717) is 0 Å². The van der Waals surface area contributed by atoms with E-state index in [1.54, 1.807) is 0 Å². The third-order valence-corrected chi connectivity index (χ3v) is 5.61. The van der Waals surface area contributed by atoms with Crippen molar-refractivity contribution in [3.63, 3.8) is 0 Å². The van der Waals surface area contributed by atoms with Gasteiger partial charge in [0.1, 0.15) is 0 Å². The van der Waals surface area contributed by atoms with Gasteiger partial charge in [-0.3, -0.25) is 9.88 Å². The fourth-order valence-corrected chi connectivity index (χ4v) is 4.69. The number of fused-ring (bicyclic) bond motifs is 3. The van der Waals surface area contributed by atoms with Crippen LogP contribution in [0.1, 0.15) is 19.3 Å². The number of nitrogens with zero attached hydrogens (tertiary/aromatic N) is 3. The van der Waals surface area contributed by atoms with E-state index in [0.717, 1.165) is 22.4 Å². The zero-order valence-electron chi connectivity index (χ0n) is 11.1. The summed E-state index contributed by atoms with van der Waals surface area (Å²) in [7, 11) is 0. The third-order valence-electron chi connectivity index (χ3n) is 5.17. The van der Waals surface area contributed by atoms with Gasteiger partial charge in [0.15, 0.2) is 0 Å². The van der Waals surface area contributed by atoms with Gasteiger partial charge < -0.3 is 4.90 Å². The molecule has 0 unspecified atom stereocenters. The normalized spacial score (nSPS) is 34.4. The summed E-state index contributed by atoms with van der Waals surface area (Å²) in [6.07, 6.45) is 8.14. The van der Waals surface area contributed by atoms with Gasteiger partial charge >= 0.3 is 0 Å². The number of anilines is 1. The van der Waals surface area contributed by atoms with Gasteiger partial charge in [0.05, 0.1) is 11.9 Å². The van der Waals surface area contributed by atoms with Crippen molar-refractivity contribution in [2.45, 2.75) is 25.3 Å². The van der Waals surface area contributed by atoms with Crippen LogP contribution in [-0.2, 0) is 0 Å². The lowest BCUT2D eigenvalue weighted by Gasteiger charge is -2.33. The Morgan fingerprint density at radius 1 is 1.16 bits per heavy atom. The fraction of sp³-hybridized carbons (Fsp3) is 0.667. The molecule has 0 radical (unpaired) electrons. The topological polar surface area (TPSA) is 19.4 Å². The molecule has 0 N–H and O–H groups in total.